The Morgan fingerprint density at radius 2 is 2.10 bits per heavy atom. The summed E-state index contributed by atoms with van der Waals surface area (Å²) in [5.41, 5.74) is 0. The molecule has 1 atom stereocenters. The largest absolute Gasteiger partial charge is 0.377 e. The molecule has 0 bridgehead atoms. The van der Waals surface area contributed by atoms with Gasteiger partial charge in [0.2, 0.25) is 0 Å². The van der Waals surface area contributed by atoms with Gasteiger partial charge < -0.3 is 15.4 Å². The molecule has 1 fully saturated rings. The molecule has 0 amide bonds. The Labute approximate surface area is 189 Å². The number of fused-ring (bicyclic) bond motifs is 1. The fraction of sp³-hybridized carbons (Fsp3) is 0.609. The van der Waals surface area contributed by atoms with Crippen LogP contribution in [0.25, 0.3) is 0 Å². The second-order valence-corrected chi connectivity index (χ2v) is 9.98. The molecule has 1 aromatic carbocycles. The van der Waals surface area contributed by atoms with Gasteiger partial charge in [-0.25, -0.2) is 9.67 Å². The number of aryl methyl sites for hydroxylation is 1. The lowest BCUT2D eigenvalue weighted by Gasteiger charge is -2.28. The van der Waals surface area contributed by atoms with E-state index in [2.05, 4.69) is 58.0 Å². The van der Waals surface area contributed by atoms with Crippen molar-refractivity contribution in [2.75, 3.05) is 20.2 Å². The van der Waals surface area contributed by atoms with E-state index in [9.17, 15) is 0 Å². The van der Waals surface area contributed by atoms with E-state index in [4.69, 9.17) is 9.73 Å². The van der Waals surface area contributed by atoms with Crippen molar-refractivity contribution < 1.29 is 4.74 Å². The van der Waals surface area contributed by atoms with Crippen molar-refractivity contribution in [1.82, 2.24) is 25.4 Å². The molecule has 2 aliphatic rings. The Bertz CT molecular complexity index is 862. The minimum atomic E-state index is 0.199. The minimum Gasteiger partial charge on any atom is -0.377 e. The average Bonchev–Trinajstić information content (AvgIpc) is 3.40. The van der Waals surface area contributed by atoms with Gasteiger partial charge in [-0.05, 0) is 38.3 Å². The van der Waals surface area contributed by atoms with Gasteiger partial charge in [0, 0.05) is 35.8 Å². The molecule has 4 rings (SSSR count). The highest BCUT2D eigenvalue weighted by atomic mass is 32.2. The third kappa shape index (κ3) is 5.80. The van der Waals surface area contributed by atoms with Crippen LogP contribution >= 0.6 is 11.8 Å². The van der Waals surface area contributed by atoms with E-state index >= 15 is 0 Å². The predicted molar refractivity (Wildman–Crippen MR) is 125 cm³/mol. The summed E-state index contributed by atoms with van der Waals surface area (Å²) >= 11 is 2.01. The fourth-order valence-electron chi connectivity index (χ4n) is 4.46. The monoisotopic (exact) mass is 442 g/mol. The van der Waals surface area contributed by atoms with Crippen LogP contribution in [0.3, 0.4) is 0 Å². The van der Waals surface area contributed by atoms with E-state index in [0.29, 0.717) is 12.6 Å². The Balaban J connectivity index is 1.41. The van der Waals surface area contributed by atoms with Gasteiger partial charge in [-0.2, -0.15) is 5.10 Å². The van der Waals surface area contributed by atoms with Crippen LogP contribution in [0.1, 0.15) is 50.7 Å². The van der Waals surface area contributed by atoms with Crippen LogP contribution in [0.2, 0.25) is 0 Å². The number of aromatic nitrogens is 3. The number of guanidine groups is 1. The number of methoxy groups -OCH3 is 1. The number of ether oxygens (including phenoxy) is 1. The molecular weight excluding hydrogens is 408 g/mol. The van der Waals surface area contributed by atoms with Crippen molar-refractivity contribution >= 4 is 17.7 Å². The second-order valence-electron chi connectivity index (χ2n) is 8.44. The van der Waals surface area contributed by atoms with Gasteiger partial charge in [0.05, 0.1) is 13.1 Å². The molecular formula is C23H34N6OS. The third-order valence-electron chi connectivity index (χ3n) is 5.98. The van der Waals surface area contributed by atoms with Crippen LogP contribution in [-0.4, -0.2) is 51.7 Å². The molecule has 1 unspecified atom stereocenters. The Morgan fingerprint density at radius 3 is 2.84 bits per heavy atom. The van der Waals surface area contributed by atoms with Gasteiger partial charge in [-0.15, -0.1) is 11.8 Å². The van der Waals surface area contributed by atoms with Crippen molar-refractivity contribution in [1.29, 1.82) is 0 Å². The second kappa shape index (κ2) is 10.5. The topological polar surface area (TPSA) is 76.4 Å². The van der Waals surface area contributed by atoms with Crippen molar-refractivity contribution in [3.05, 3.63) is 42.0 Å². The molecule has 0 saturated heterocycles. The number of hydrogen-bond acceptors (Lipinski definition) is 5. The third-order valence-corrected chi connectivity index (χ3v) is 7.46. The molecule has 2 heterocycles. The normalized spacial score (nSPS) is 20.5. The molecule has 8 heteroatoms. The summed E-state index contributed by atoms with van der Waals surface area (Å²) < 4.78 is 7.39. The maximum Gasteiger partial charge on any atom is 0.191 e. The molecule has 168 valence electrons. The van der Waals surface area contributed by atoms with E-state index in [-0.39, 0.29) is 4.75 Å². The van der Waals surface area contributed by atoms with Gasteiger partial charge >= 0.3 is 0 Å². The standard InChI is InChI=1S/C23H34N6OS/c1-3-24-22(26-18-11-12-21-27-20(16-30-2)28-29(21)15-18)25-17-23(13-7-8-14-23)31-19-9-5-4-6-10-19/h4-6,9-10,18H,3,7-8,11-17H2,1-2H3,(H2,24,25,26). The summed E-state index contributed by atoms with van der Waals surface area (Å²) in [6, 6.07) is 11.1. The zero-order valence-corrected chi connectivity index (χ0v) is 19.5. The maximum absolute atomic E-state index is 5.18. The van der Waals surface area contributed by atoms with Crippen molar-refractivity contribution in [2.45, 2.75) is 74.3 Å². The number of hydrogen-bond donors (Lipinski definition) is 2. The average molecular weight is 443 g/mol. The highest BCUT2D eigenvalue weighted by Gasteiger charge is 2.35. The lowest BCUT2D eigenvalue weighted by Crippen LogP contribution is -2.47. The van der Waals surface area contributed by atoms with Gasteiger partial charge in [-0.1, -0.05) is 31.0 Å². The molecule has 0 spiro atoms. The molecule has 1 aromatic heterocycles. The fourth-order valence-corrected chi connectivity index (χ4v) is 5.87. The summed E-state index contributed by atoms with van der Waals surface area (Å²) in [5, 5.41) is 11.7. The highest BCUT2D eigenvalue weighted by Crippen LogP contribution is 2.45. The molecule has 1 saturated carbocycles. The first kappa shape index (κ1) is 22.1. The quantitative estimate of drug-likeness (QED) is 0.482. The minimum absolute atomic E-state index is 0.199. The number of nitrogens with one attached hydrogen (secondary N) is 2. The zero-order valence-electron chi connectivity index (χ0n) is 18.6. The van der Waals surface area contributed by atoms with E-state index in [1.807, 2.05) is 16.4 Å². The lowest BCUT2D eigenvalue weighted by atomic mass is 10.1. The number of rotatable bonds is 8. The first-order chi connectivity index (χ1) is 15.2. The summed E-state index contributed by atoms with van der Waals surface area (Å²) in [6.07, 6.45) is 6.98. The zero-order chi connectivity index (χ0) is 21.5. The summed E-state index contributed by atoms with van der Waals surface area (Å²) in [4.78, 5) is 11.0. The number of thioether (sulfide) groups is 1. The van der Waals surface area contributed by atoms with Gasteiger partial charge in [-0.3, -0.25) is 4.99 Å². The van der Waals surface area contributed by atoms with Gasteiger partial charge in [0.1, 0.15) is 12.4 Å². The first-order valence-corrected chi connectivity index (χ1v) is 12.2. The van der Waals surface area contributed by atoms with E-state index < -0.39 is 0 Å². The SMILES string of the molecule is CCNC(=NCC1(Sc2ccccc2)CCCC1)NC1CCc2nc(COC)nn2C1. The van der Waals surface area contributed by atoms with E-state index in [1.165, 1.54) is 30.6 Å². The lowest BCUT2D eigenvalue weighted by molar-refractivity contribution is 0.177. The first-order valence-electron chi connectivity index (χ1n) is 11.4. The number of aliphatic imine (C=N–C) groups is 1. The van der Waals surface area contributed by atoms with Crippen molar-refractivity contribution in [2.24, 2.45) is 4.99 Å². The Morgan fingerprint density at radius 1 is 1.29 bits per heavy atom. The molecule has 1 aliphatic heterocycles. The van der Waals surface area contributed by atoms with Crippen LogP contribution < -0.4 is 10.6 Å². The van der Waals surface area contributed by atoms with Crippen LogP contribution in [0.5, 0.6) is 0 Å². The molecule has 1 aliphatic carbocycles. The molecule has 0 radical (unpaired) electrons. The van der Waals surface area contributed by atoms with Crippen LogP contribution in [0, 0.1) is 0 Å². The van der Waals surface area contributed by atoms with Gasteiger partial charge in [0.15, 0.2) is 11.8 Å². The summed E-state index contributed by atoms with van der Waals surface area (Å²) in [7, 11) is 1.68. The summed E-state index contributed by atoms with van der Waals surface area (Å²) in [6.45, 7) is 5.07. The molecule has 31 heavy (non-hydrogen) atoms. The van der Waals surface area contributed by atoms with E-state index in [1.54, 1.807) is 7.11 Å². The maximum atomic E-state index is 5.18. The molecule has 7 nitrogen and oxygen atoms in total. The van der Waals surface area contributed by atoms with Gasteiger partial charge in [0.25, 0.3) is 0 Å². The number of benzene rings is 1. The highest BCUT2D eigenvalue weighted by molar-refractivity contribution is 8.00. The van der Waals surface area contributed by atoms with Crippen LogP contribution in [-0.2, 0) is 24.3 Å². The summed E-state index contributed by atoms with van der Waals surface area (Å²) in [5.74, 6) is 2.73. The van der Waals surface area contributed by atoms with Crippen LogP contribution in [0.15, 0.2) is 40.2 Å². The Kier molecular flexibility index (Phi) is 7.50. The number of nitrogens with zero attached hydrogens (tertiary/aromatic N) is 4. The molecule has 2 N–H and O–H groups in total. The van der Waals surface area contributed by atoms with Crippen molar-refractivity contribution in [3.63, 3.8) is 0 Å². The van der Waals surface area contributed by atoms with E-state index in [0.717, 1.165) is 50.1 Å². The molecule has 2 aromatic rings. The Hall–Kier alpha value is -2.06. The smallest absolute Gasteiger partial charge is 0.191 e. The predicted octanol–water partition coefficient (Wildman–Crippen LogP) is 3.40. The van der Waals surface area contributed by atoms with Crippen molar-refractivity contribution in [3.8, 4) is 0 Å². The van der Waals surface area contributed by atoms with Crippen LogP contribution in [0.4, 0.5) is 0 Å².